The molecule has 0 radical (unpaired) electrons. The van der Waals surface area contributed by atoms with Crippen LogP contribution in [0.4, 0.5) is 5.69 Å². The molecular formula is C38H45N3O8S. The van der Waals surface area contributed by atoms with Gasteiger partial charge in [0.25, 0.3) is 10.0 Å². The molecule has 0 saturated heterocycles. The van der Waals surface area contributed by atoms with Crippen LogP contribution in [0.25, 0.3) is 0 Å². The van der Waals surface area contributed by atoms with E-state index in [1.165, 1.54) is 57.6 Å². The van der Waals surface area contributed by atoms with Crippen molar-refractivity contribution in [1.29, 1.82) is 0 Å². The molecule has 4 aromatic carbocycles. The van der Waals surface area contributed by atoms with Gasteiger partial charge in [-0.25, -0.2) is 8.42 Å². The minimum atomic E-state index is -4.48. The van der Waals surface area contributed by atoms with Crippen molar-refractivity contribution in [1.82, 2.24) is 10.2 Å². The van der Waals surface area contributed by atoms with Gasteiger partial charge in [-0.3, -0.25) is 13.9 Å². The summed E-state index contributed by atoms with van der Waals surface area (Å²) in [6.07, 6.45) is 1.85. The smallest absolute Gasteiger partial charge is 0.265 e. The van der Waals surface area contributed by atoms with Crippen molar-refractivity contribution >= 4 is 27.5 Å². The van der Waals surface area contributed by atoms with Gasteiger partial charge in [0.05, 0.1) is 39.0 Å². The summed E-state index contributed by atoms with van der Waals surface area (Å²) in [7, 11) is 1.24. The first-order chi connectivity index (χ1) is 24.2. The number of nitrogens with zero attached hydrogens (tertiary/aromatic N) is 2. The molecule has 0 heterocycles. The van der Waals surface area contributed by atoms with Gasteiger partial charge in [0.1, 0.15) is 24.1 Å². The fourth-order valence-electron chi connectivity index (χ4n) is 5.45. The van der Waals surface area contributed by atoms with Crippen molar-refractivity contribution in [3.63, 3.8) is 0 Å². The van der Waals surface area contributed by atoms with E-state index in [0.29, 0.717) is 18.0 Å². The van der Waals surface area contributed by atoms with E-state index in [1.54, 1.807) is 12.1 Å². The highest BCUT2D eigenvalue weighted by Crippen LogP contribution is 2.38. The van der Waals surface area contributed by atoms with E-state index >= 15 is 0 Å². The van der Waals surface area contributed by atoms with E-state index in [0.717, 1.165) is 28.3 Å². The Balaban J connectivity index is 1.87. The minimum absolute atomic E-state index is 0.0534. The van der Waals surface area contributed by atoms with Crippen molar-refractivity contribution in [3.05, 3.63) is 108 Å². The van der Waals surface area contributed by atoms with Crippen LogP contribution in [0.15, 0.2) is 102 Å². The molecule has 1 N–H and O–H groups in total. The number of nitrogens with one attached hydrogen (secondary N) is 1. The molecule has 266 valence electrons. The number of sulfonamides is 1. The first-order valence-electron chi connectivity index (χ1n) is 16.3. The van der Waals surface area contributed by atoms with Crippen LogP contribution in [0.2, 0.25) is 0 Å². The van der Waals surface area contributed by atoms with Gasteiger partial charge in [-0.05, 0) is 41.8 Å². The summed E-state index contributed by atoms with van der Waals surface area (Å²) < 4.78 is 52.0. The molecule has 0 fully saturated rings. The Bertz CT molecular complexity index is 1820. The number of anilines is 1. The lowest BCUT2D eigenvalue weighted by Crippen LogP contribution is -2.53. The van der Waals surface area contributed by atoms with Gasteiger partial charge < -0.3 is 29.2 Å². The molecule has 2 amide bonds. The first kappa shape index (κ1) is 37.6. The normalized spacial score (nSPS) is 11.6. The number of hydrogen-bond donors (Lipinski definition) is 1. The van der Waals surface area contributed by atoms with Gasteiger partial charge in [-0.1, -0.05) is 74.0 Å². The van der Waals surface area contributed by atoms with Crippen LogP contribution in [0.5, 0.6) is 23.0 Å². The topological polar surface area (TPSA) is 124 Å². The second kappa shape index (κ2) is 18.0. The zero-order valence-corrected chi connectivity index (χ0v) is 29.9. The molecule has 1 atom stereocenters. The Morgan fingerprint density at radius 2 is 1.36 bits per heavy atom. The molecule has 0 aliphatic rings. The molecular weight excluding hydrogens is 658 g/mol. The summed E-state index contributed by atoms with van der Waals surface area (Å²) in [4.78, 5) is 30.0. The van der Waals surface area contributed by atoms with Gasteiger partial charge in [0.2, 0.25) is 11.8 Å². The SMILES string of the molecule is CCCCNC(=O)[C@H](Cc1ccccc1)N(Cc1ccccc1)C(=O)CN(c1cc(OC)ccc1OC)S(=O)(=O)c1ccc(OC)c(OC)c1. The molecule has 11 nitrogen and oxygen atoms in total. The zero-order valence-electron chi connectivity index (χ0n) is 29.1. The average Bonchev–Trinajstić information content (AvgIpc) is 3.15. The molecule has 0 aromatic heterocycles. The van der Waals surface area contributed by atoms with E-state index in [1.807, 2.05) is 67.6 Å². The number of rotatable bonds is 18. The first-order valence-corrected chi connectivity index (χ1v) is 17.7. The number of amides is 2. The van der Waals surface area contributed by atoms with Gasteiger partial charge >= 0.3 is 0 Å². The highest BCUT2D eigenvalue weighted by atomic mass is 32.2. The van der Waals surface area contributed by atoms with Crippen molar-refractivity contribution in [2.45, 2.75) is 43.7 Å². The maximum Gasteiger partial charge on any atom is 0.265 e. The Hall–Kier alpha value is -5.23. The van der Waals surface area contributed by atoms with Gasteiger partial charge in [0.15, 0.2) is 11.5 Å². The zero-order chi connectivity index (χ0) is 36.1. The molecule has 0 spiro atoms. The van der Waals surface area contributed by atoms with Crippen LogP contribution >= 0.6 is 0 Å². The lowest BCUT2D eigenvalue weighted by atomic mass is 10.0. The van der Waals surface area contributed by atoms with Crippen molar-refractivity contribution in [3.8, 4) is 23.0 Å². The lowest BCUT2D eigenvalue weighted by molar-refractivity contribution is -0.140. The third-order valence-electron chi connectivity index (χ3n) is 8.17. The van der Waals surface area contributed by atoms with Crippen LogP contribution in [0, 0.1) is 0 Å². The molecule has 0 aliphatic heterocycles. The van der Waals surface area contributed by atoms with Crippen LogP contribution in [-0.2, 0) is 32.6 Å². The molecule has 12 heteroatoms. The average molecular weight is 704 g/mol. The van der Waals surface area contributed by atoms with Gasteiger partial charge in [-0.15, -0.1) is 0 Å². The van der Waals surface area contributed by atoms with Crippen molar-refractivity contribution in [2.75, 3.05) is 45.8 Å². The summed E-state index contributed by atoms with van der Waals surface area (Å²) in [5.74, 6) is 0.124. The minimum Gasteiger partial charge on any atom is -0.497 e. The second-order valence-corrected chi connectivity index (χ2v) is 13.3. The summed E-state index contributed by atoms with van der Waals surface area (Å²) in [6.45, 7) is 1.85. The highest BCUT2D eigenvalue weighted by Gasteiger charge is 2.36. The molecule has 4 rings (SSSR count). The summed E-state index contributed by atoms with van der Waals surface area (Å²) in [5, 5.41) is 3.00. The van der Waals surface area contributed by atoms with Crippen LogP contribution in [-0.4, -0.2) is 72.7 Å². The van der Waals surface area contributed by atoms with E-state index in [-0.39, 0.29) is 41.0 Å². The Morgan fingerprint density at radius 3 is 1.96 bits per heavy atom. The van der Waals surface area contributed by atoms with Crippen LogP contribution in [0.1, 0.15) is 30.9 Å². The number of carbonyl (C=O) groups excluding carboxylic acids is 2. The maximum absolute atomic E-state index is 14.8. The maximum atomic E-state index is 14.8. The fraction of sp³-hybridized carbons (Fsp3) is 0.316. The highest BCUT2D eigenvalue weighted by molar-refractivity contribution is 7.92. The Labute approximate surface area is 294 Å². The van der Waals surface area contributed by atoms with E-state index in [9.17, 15) is 18.0 Å². The van der Waals surface area contributed by atoms with E-state index in [4.69, 9.17) is 18.9 Å². The van der Waals surface area contributed by atoms with Gasteiger partial charge in [-0.2, -0.15) is 0 Å². The predicted molar refractivity (Wildman–Crippen MR) is 192 cm³/mol. The molecule has 0 bridgehead atoms. The van der Waals surface area contributed by atoms with Crippen LogP contribution in [0.3, 0.4) is 0 Å². The number of hydrogen-bond acceptors (Lipinski definition) is 8. The second-order valence-electron chi connectivity index (χ2n) is 11.4. The van der Waals surface area contributed by atoms with Gasteiger partial charge in [0, 0.05) is 31.6 Å². The molecule has 4 aromatic rings. The number of methoxy groups -OCH3 is 4. The Kier molecular flexibility index (Phi) is 13.5. The van der Waals surface area contributed by atoms with Crippen LogP contribution < -0.4 is 28.6 Å². The lowest BCUT2D eigenvalue weighted by Gasteiger charge is -2.34. The third kappa shape index (κ3) is 9.26. The van der Waals surface area contributed by atoms with E-state index < -0.39 is 28.5 Å². The van der Waals surface area contributed by atoms with Crippen molar-refractivity contribution < 1.29 is 37.0 Å². The summed E-state index contributed by atoms with van der Waals surface area (Å²) in [5.41, 5.74) is 1.69. The fourth-order valence-corrected chi connectivity index (χ4v) is 6.88. The number of benzene rings is 4. The van der Waals surface area contributed by atoms with E-state index in [2.05, 4.69) is 5.32 Å². The standard InChI is InChI=1S/C38H45N3O8S/c1-6-7-22-39-38(43)33(23-28-14-10-8-11-15-28)40(26-29-16-12-9-13-17-29)37(42)27-41(32-24-30(46-2)18-20-34(32)47-3)50(44,45)31-19-21-35(48-4)36(25-31)49-5/h8-21,24-25,33H,6-7,22-23,26-27H2,1-5H3,(H,39,43)/t33-/m0/s1. The summed E-state index contributed by atoms with van der Waals surface area (Å²) >= 11 is 0. The molecule has 0 unspecified atom stereocenters. The monoisotopic (exact) mass is 703 g/mol. The molecule has 50 heavy (non-hydrogen) atoms. The molecule has 0 saturated carbocycles. The number of ether oxygens (including phenoxy) is 4. The third-order valence-corrected chi connectivity index (χ3v) is 9.93. The largest absolute Gasteiger partial charge is 0.497 e. The predicted octanol–water partition coefficient (Wildman–Crippen LogP) is 5.47. The molecule has 0 aliphatic carbocycles. The Morgan fingerprint density at radius 1 is 0.740 bits per heavy atom. The summed E-state index contributed by atoms with van der Waals surface area (Å²) in [6, 6.07) is 26.6. The quantitative estimate of drug-likeness (QED) is 0.135. The van der Waals surface area contributed by atoms with Crippen molar-refractivity contribution in [2.24, 2.45) is 0 Å². The number of carbonyl (C=O) groups is 2. The number of unbranched alkanes of at least 4 members (excludes halogenated alkanes) is 1.